The van der Waals surface area contributed by atoms with Gasteiger partial charge in [-0.05, 0) is 31.6 Å². The van der Waals surface area contributed by atoms with Crippen LogP contribution in [0.15, 0.2) is 12.5 Å². The van der Waals surface area contributed by atoms with Crippen LogP contribution in [0.25, 0.3) is 0 Å². The molecule has 1 aromatic rings. The van der Waals surface area contributed by atoms with Crippen molar-refractivity contribution in [2.45, 2.75) is 37.6 Å². The van der Waals surface area contributed by atoms with Gasteiger partial charge in [0.15, 0.2) is 0 Å². The monoisotopic (exact) mass is 289 g/mol. The first kappa shape index (κ1) is 12.9. The molecular weight excluding hydrogens is 270 g/mol. The van der Waals surface area contributed by atoms with Crippen LogP contribution in [0.3, 0.4) is 0 Å². The normalized spacial score (nSPS) is 39.7. The Labute approximate surface area is 122 Å². The molecule has 5 atom stereocenters. The molecule has 3 aliphatic rings. The Kier molecular flexibility index (Phi) is 2.50. The highest BCUT2D eigenvalue weighted by molar-refractivity contribution is 5.84. The van der Waals surface area contributed by atoms with E-state index in [1.807, 2.05) is 17.8 Å². The first-order valence-electron chi connectivity index (χ1n) is 7.51. The second kappa shape index (κ2) is 4.08. The third-order valence-electron chi connectivity index (χ3n) is 5.55. The summed E-state index contributed by atoms with van der Waals surface area (Å²) in [5, 5.41) is 12.3. The Bertz CT molecular complexity index is 625. The number of nitrogens with one attached hydrogen (secondary N) is 1. The summed E-state index contributed by atoms with van der Waals surface area (Å²) >= 11 is 0. The summed E-state index contributed by atoms with van der Waals surface area (Å²) < 4.78 is 1.96. The van der Waals surface area contributed by atoms with Gasteiger partial charge in [-0.15, -0.1) is 0 Å². The number of rotatable bonds is 4. The van der Waals surface area contributed by atoms with Crippen LogP contribution in [0, 0.1) is 17.3 Å². The molecule has 21 heavy (non-hydrogen) atoms. The molecule has 6 nitrogen and oxygen atoms in total. The molecule has 0 bridgehead atoms. The van der Waals surface area contributed by atoms with Crippen LogP contribution in [0.2, 0.25) is 0 Å². The van der Waals surface area contributed by atoms with Crippen molar-refractivity contribution < 1.29 is 14.7 Å². The van der Waals surface area contributed by atoms with E-state index in [-0.39, 0.29) is 29.7 Å². The molecule has 4 rings (SSSR count). The maximum atomic E-state index is 12.3. The van der Waals surface area contributed by atoms with Gasteiger partial charge < -0.3 is 15.0 Å². The minimum atomic E-state index is -0.691. The maximum Gasteiger partial charge on any atom is 0.310 e. The molecule has 0 spiro atoms. The molecule has 3 fully saturated rings. The van der Waals surface area contributed by atoms with Crippen LogP contribution in [0.1, 0.15) is 37.3 Å². The number of carbonyl (C=O) groups excluding carboxylic acids is 1. The highest BCUT2D eigenvalue weighted by Gasteiger charge is 2.65. The van der Waals surface area contributed by atoms with Gasteiger partial charge in [0.05, 0.1) is 11.7 Å². The molecule has 1 amide bonds. The van der Waals surface area contributed by atoms with Crippen LogP contribution in [0.5, 0.6) is 0 Å². The molecule has 6 heteroatoms. The summed E-state index contributed by atoms with van der Waals surface area (Å²) in [5.74, 6) is -0.0520. The summed E-state index contributed by atoms with van der Waals surface area (Å²) in [5.41, 5.74) is 0.578. The van der Waals surface area contributed by atoms with Gasteiger partial charge in [-0.2, -0.15) is 0 Å². The highest BCUT2D eigenvalue weighted by Crippen LogP contribution is 2.63. The molecule has 1 heterocycles. The number of fused-ring (bicyclic) bond motifs is 1. The highest BCUT2D eigenvalue weighted by atomic mass is 16.4. The Morgan fingerprint density at radius 2 is 2.24 bits per heavy atom. The number of hydrogen-bond donors (Lipinski definition) is 2. The fraction of sp³-hybridized carbons (Fsp3) is 0.667. The summed E-state index contributed by atoms with van der Waals surface area (Å²) in [7, 11) is 1.94. The van der Waals surface area contributed by atoms with Gasteiger partial charge in [0.2, 0.25) is 5.91 Å². The van der Waals surface area contributed by atoms with Crippen molar-refractivity contribution in [1.29, 1.82) is 0 Å². The van der Waals surface area contributed by atoms with Crippen molar-refractivity contribution in [2.75, 3.05) is 0 Å². The average Bonchev–Trinajstić information content (AvgIpc) is 3.28. The van der Waals surface area contributed by atoms with E-state index < -0.39 is 11.4 Å². The SMILES string of the molecule is Cn1cncc1[C@@H]1C[C@H]1C(=O)N[C@@H]1C[C@H]2C[C@@]2(C(=O)O)C1. The first-order valence-corrected chi connectivity index (χ1v) is 7.51. The van der Waals surface area contributed by atoms with E-state index in [0.717, 1.165) is 25.0 Å². The topological polar surface area (TPSA) is 84.2 Å². The summed E-state index contributed by atoms with van der Waals surface area (Å²) in [6.45, 7) is 0. The molecule has 0 saturated heterocycles. The van der Waals surface area contributed by atoms with E-state index in [4.69, 9.17) is 0 Å². The van der Waals surface area contributed by atoms with Crippen molar-refractivity contribution in [3.63, 3.8) is 0 Å². The number of carboxylic acid groups (broad SMARTS) is 1. The number of carboxylic acids is 1. The molecule has 0 aliphatic heterocycles. The van der Waals surface area contributed by atoms with Crippen LogP contribution in [-0.2, 0) is 16.6 Å². The first-order chi connectivity index (χ1) is 10.0. The van der Waals surface area contributed by atoms with E-state index in [9.17, 15) is 14.7 Å². The number of carbonyl (C=O) groups is 2. The number of aliphatic carboxylic acids is 1. The smallest absolute Gasteiger partial charge is 0.310 e. The van der Waals surface area contributed by atoms with E-state index in [1.54, 1.807) is 6.33 Å². The minimum Gasteiger partial charge on any atom is -0.481 e. The molecular formula is C15H19N3O3. The number of imidazole rings is 1. The van der Waals surface area contributed by atoms with Gasteiger partial charge in [0.25, 0.3) is 0 Å². The van der Waals surface area contributed by atoms with Crippen molar-refractivity contribution in [2.24, 2.45) is 24.3 Å². The van der Waals surface area contributed by atoms with E-state index in [1.165, 1.54) is 0 Å². The molecule has 2 N–H and O–H groups in total. The van der Waals surface area contributed by atoms with Gasteiger partial charge in [-0.25, -0.2) is 4.98 Å². The fourth-order valence-electron chi connectivity index (χ4n) is 4.11. The van der Waals surface area contributed by atoms with E-state index in [2.05, 4.69) is 10.3 Å². The van der Waals surface area contributed by atoms with Gasteiger partial charge in [-0.1, -0.05) is 0 Å². The maximum absolute atomic E-state index is 12.3. The average molecular weight is 289 g/mol. The molecule has 0 aromatic carbocycles. The Morgan fingerprint density at radius 3 is 2.86 bits per heavy atom. The largest absolute Gasteiger partial charge is 0.481 e. The second-order valence-electron chi connectivity index (χ2n) is 6.89. The second-order valence-corrected chi connectivity index (χ2v) is 6.89. The van der Waals surface area contributed by atoms with E-state index in [0.29, 0.717) is 6.42 Å². The number of aryl methyl sites for hydroxylation is 1. The number of nitrogens with zero attached hydrogens (tertiary/aromatic N) is 2. The Balaban J connectivity index is 1.35. The van der Waals surface area contributed by atoms with Crippen molar-refractivity contribution >= 4 is 11.9 Å². The predicted molar refractivity (Wildman–Crippen MR) is 73.4 cm³/mol. The summed E-state index contributed by atoms with van der Waals surface area (Å²) in [6, 6.07) is 0.0418. The van der Waals surface area contributed by atoms with Crippen molar-refractivity contribution in [3.05, 3.63) is 18.2 Å². The third kappa shape index (κ3) is 1.88. The van der Waals surface area contributed by atoms with Crippen LogP contribution in [-0.4, -0.2) is 32.6 Å². The molecule has 3 saturated carbocycles. The Morgan fingerprint density at radius 1 is 1.43 bits per heavy atom. The van der Waals surface area contributed by atoms with Gasteiger partial charge in [0.1, 0.15) is 0 Å². The Hall–Kier alpha value is -1.85. The fourth-order valence-corrected chi connectivity index (χ4v) is 4.11. The number of amides is 1. The molecule has 112 valence electrons. The lowest BCUT2D eigenvalue weighted by Crippen LogP contribution is -2.36. The van der Waals surface area contributed by atoms with Crippen molar-refractivity contribution in [1.82, 2.24) is 14.9 Å². The zero-order chi connectivity index (χ0) is 14.8. The summed E-state index contributed by atoms with van der Waals surface area (Å²) in [6.07, 6.45) is 6.65. The van der Waals surface area contributed by atoms with Crippen LogP contribution >= 0.6 is 0 Å². The van der Waals surface area contributed by atoms with Crippen LogP contribution in [0.4, 0.5) is 0 Å². The molecule has 3 aliphatic carbocycles. The molecule has 1 aromatic heterocycles. The lowest BCUT2D eigenvalue weighted by Gasteiger charge is -2.16. The van der Waals surface area contributed by atoms with Crippen molar-refractivity contribution in [3.8, 4) is 0 Å². The summed E-state index contributed by atoms with van der Waals surface area (Å²) in [4.78, 5) is 27.6. The number of aromatic nitrogens is 2. The lowest BCUT2D eigenvalue weighted by atomic mass is 10.0. The quantitative estimate of drug-likeness (QED) is 0.862. The molecule has 0 unspecified atom stereocenters. The molecule has 0 radical (unpaired) electrons. The zero-order valence-corrected chi connectivity index (χ0v) is 12.0. The van der Waals surface area contributed by atoms with E-state index >= 15 is 0 Å². The van der Waals surface area contributed by atoms with Gasteiger partial charge in [-0.3, -0.25) is 9.59 Å². The van der Waals surface area contributed by atoms with Gasteiger partial charge >= 0.3 is 5.97 Å². The van der Waals surface area contributed by atoms with Gasteiger partial charge in [0, 0.05) is 36.8 Å². The zero-order valence-electron chi connectivity index (χ0n) is 12.0. The predicted octanol–water partition coefficient (Wildman–Crippen LogP) is 0.893. The lowest BCUT2D eigenvalue weighted by molar-refractivity contribution is -0.143. The number of hydrogen-bond acceptors (Lipinski definition) is 3. The standard InChI is InChI=1S/C15H19N3O3/c1-18-7-16-6-12(18)10-3-11(10)13(19)17-9-2-8-4-15(8,5-9)14(20)21/h6-11H,2-5H2,1H3,(H,17,19)(H,20,21)/t8-,9+,10+,11+,15+/m0/s1. The third-order valence-corrected chi connectivity index (χ3v) is 5.55. The minimum absolute atomic E-state index is 0.0260. The van der Waals surface area contributed by atoms with Crippen LogP contribution < -0.4 is 5.32 Å².